The fraction of sp³-hybridized carbons (Fsp3) is 1.00. The van der Waals surface area contributed by atoms with Crippen LogP contribution in [0.3, 0.4) is 0 Å². The molecule has 1 heterocycles. The van der Waals surface area contributed by atoms with E-state index < -0.39 is 0 Å². The smallest absolute Gasteiger partial charge is 0.0237 e. The molecular formula is C10H19I2N. The molecule has 1 aliphatic heterocycles. The fourth-order valence-electron chi connectivity index (χ4n) is 2.08. The third kappa shape index (κ3) is 4.20. The van der Waals surface area contributed by atoms with E-state index in [2.05, 4.69) is 57.0 Å². The van der Waals surface area contributed by atoms with Crippen LogP contribution in [0.1, 0.15) is 32.6 Å². The lowest BCUT2D eigenvalue weighted by Gasteiger charge is -2.37. The standard InChI is InChI=1S/C10H19I2N/c1-9(12)10-5-2-3-7-13(10)8-4-6-11/h9-10H,2-8H2,1H3. The molecule has 1 saturated heterocycles. The zero-order chi connectivity index (χ0) is 9.68. The van der Waals surface area contributed by atoms with Crippen LogP contribution >= 0.6 is 45.2 Å². The zero-order valence-electron chi connectivity index (χ0n) is 8.31. The summed E-state index contributed by atoms with van der Waals surface area (Å²) in [5, 5.41) is 0. The Balaban J connectivity index is 2.37. The van der Waals surface area contributed by atoms with E-state index in [0.29, 0.717) is 0 Å². The maximum atomic E-state index is 2.71. The average molecular weight is 407 g/mol. The van der Waals surface area contributed by atoms with Gasteiger partial charge in [-0.2, -0.15) is 0 Å². The summed E-state index contributed by atoms with van der Waals surface area (Å²) in [6.45, 7) is 5.02. The highest BCUT2D eigenvalue weighted by Crippen LogP contribution is 2.23. The summed E-state index contributed by atoms with van der Waals surface area (Å²) in [5.41, 5.74) is 0. The minimum absolute atomic E-state index is 0.812. The lowest BCUT2D eigenvalue weighted by molar-refractivity contribution is 0.152. The van der Waals surface area contributed by atoms with Crippen LogP contribution in [0, 0.1) is 0 Å². The molecule has 0 N–H and O–H groups in total. The Morgan fingerprint density at radius 2 is 2.23 bits per heavy atom. The number of likely N-dealkylation sites (tertiary alicyclic amines) is 1. The van der Waals surface area contributed by atoms with E-state index in [4.69, 9.17) is 0 Å². The minimum atomic E-state index is 0.812. The van der Waals surface area contributed by atoms with Gasteiger partial charge in [-0.3, -0.25) is 4.90 Å². The molecule has 0 spiro atoms. The monoisotopic (exact) mass is 407 g/mol. The van der Waals surface area contributed by atoms with Crippen LogP contribution in [-0.4, -0.2) is 32.4 Å². The van der Waals surface area contributed by atoms with E-state index in [0.717, 1.165) is 9.97 Å². The van der Waals surface area contributed by atoms with Gasteiger partial charge in [0.15, 0.2) is 0 Å². The number of piperidine rings is 1. The van der Waals surface area contributed by atoms with Crippen LogP contribution in [-0.2, 0) is 0 Å². The highest BCUT2D eigenvalue weighted by molar-refractivity contribution is 14.1. The van der Waals surface area contributed by atoms with Crippen molar-refractivity contribution < 1.29 is 0 Å². The Kier molecular flexibility index (Phi) is 6.55. The lowest BCUT2D eigenvalue weighted by atomic mass is 10.00. The first-order valence-electron chi connectivity index (χ1n) is 5.20. The molecule has 78 valence electrons. The Labute approximate surface area is 109 Å². The average Bonchev–Trinajstić information content (AvgIpc) is 2.15. The fourth-order valence-corrected chi connectivity index (χ4v) is 3.23. The van der Waals surface area contributed by atoms with Gasteiger partial charge in [-0.1, -0.05) is 58.5 Å². The van der Waals surface area contributed by atoms with Crippen LogP contribution in [0.4, 0.5) is 0 Å². The van der Waals surface area contributed by atoms with E-state index >= 15 is 0 Å². The second-order valence-corrected chi connectivity index (χ2v) is 6.86. The summed E-state index contributed by atoms with van der Waals surface area (Å²) >= 11 is 5.06. The van der Waals surface area contributed by atoms with E-state index in [9.17, 15) is 0 Å². The maximum Gasteiger partial charge on any atom is 0.0237 e. The molecule has 1 rings (SSSR count). The van der Waals surface area contributed by atoms with E-state index in [1.54, 1.807) is 0 Å². The zero-order valence-corrected chi connectivity index (χ0v) is 12.6. The van der Waals surface area contributed by atoms with Gasteiger partial charge in [-0.15, -0.1) is 0 Å². The summed E-state index contributed by atoms with van der Waals surface area (Å²) in [6, 6.07) is 0.859. The molecule has 1 aliphatic rings. The van der Waals surface area contributed by atoms with Gasteiger partial charge in [0.1, 0.15) is 0 Å². The van der Waals surface area contributed by atoms with E-state index in [-0.39, 0.29) is 0 Å². The first-order valence-corrected chi connectivity index (χ1v) is 7.97. The molecule has 0 bridgehead atoms. The summed E-state index contributed by atoms with van der Waals surface area (Å²) in [6.07, 6.45) is 5.64. The molecule has 0 aliphatic carbocycles. The number of nitrogens with zero attached hydrogens (tertiary/aromatic N) is 1. The molecule has 13 heavy (non-hydrogen) atoms. The van der Waals surface area contributed by atoms with E-state index in [1.807, 2.05) is 0 Å². The van der Waals surface area contributed by atoms with Crippen molar-refractivity contribution in [3.63, 3.8) is 0 Å². The second-order valence-electron chi connectivity index (χ2n) is 3.82. The van der Waals surface area contributed by atoms with Crippen molar-refractivity contribution >= 4 is 45.2 Å². The lowest BCUT2D eigenvalue weighted by Crippen LogP contribution is -2.44. The SMILES string of the molecule is CC(I)C1CCCCN1CCCI. The van der Waals surface area contributed by atoms with Gasteiger partial charge in [-0.05, 0) is 32.4 Å². The molecule has 3 heteroatoms. The molecular weight excluding hydrogens is 388 g/mol. The maximum absolute atomic E-state index is 2.71. The van der Waals surface area contributed by atoms with Gasteiger partial charge < -0.3 is 0 Å². The van der Waals surface area contributed by atoms with Gasteiger partial charge in [0.05, 0.1) is 0 Å². The largest absolute Gasteiger partial charge is 0.299 e. The summed E-state index contributed by atoms with van der Waals surface area (Å²) in [4.78, 5) is 2.71. The molecule has 0 aromatic rings. The van der Waals surface area contributed by atoms with Crippen molar-refractivity contribution in [1.29, 1.82) is 0 Å². The minimum Gasteiger partial charge on any atom is -0.299 e. The van der Waals surface area contributed by atoms with Crippen molar-refractivity contribution in [2.75, 3.05) is 17.5 Å². The molecule has 0 aromatic heterocycles. The first-order chi connectivity index (χ1) is 6.25. The third-order valence-corrected chi connectivity index (χ3v) is 4.37. The molecule has 0 saturated carbocycles. The van der Waals surface area contributed by atoms with Crippen LogP contribution in [0.25, 0.3) is 0 Å². The molecule has 0 radical (unpaired) electrons. The predicted octanol–water partition coefficient (Wildman–Crippen LogP) is 3.49. The molecule has 2 atom stereocenters. The van der Waals surface area contributed by atoms with Crippen LogP contribution in [0.15, 0.2) is 0 Å². The van der Waals surface area contributed by atoms with Crippen LogP contribution in [0.2, 0.25) is 0 Å². The van der Waals surface area contributed by atoms with Crippen molar-refractivity contribution in [2.24, 2.45) is 0 Å². The molecule has 0 aromatic carbocycles. The first kappa shape index (κ1) is 12.5. The van der Waals surface area contributed by atoms with E-state index in [1.165, 1.54) is 43.2 Å². The number of hydrogen-bond donors (Lipinski definition) is 0. The van der Waals surface area contributed by atoms with Crippen LogP contribution in [0.5, 0.6) is 0 Å². The number of halogens is 2. The summed E-state index contributed by atoms with van der Waals surface area (Å²) in [7, 11) is 0. The summed E-state index contributed by atoms with van der Waals surface area (Å²) < 4.78 is 2.11. The van der Waals surface area contributed by atoms with Crippen molar-refractivity contribution in [2.45, 2.75) is 42.6 Å². The Morgan fingerprint density at radius 1 is 1.46 bits per heavy atom. The van der Waals surface area contributed by atoms with Gasteiger partial charge in [0.25, 0.3) is 0 Å². The molecule has 0 amide bonds. The second kappa shape index (κ2) is 6.82. The Morgan fingerprint density at radius 3 is 2.85 bits per heavy atom. The quantitative estimate of drug-likeness (QED) is 0.510. The number of hydrogen-bond acceptors (Lipinski definition) is 1. The molecule has 1 nitrogen and oxygen atoms in total. The highest BCUT2D eigenvalue weighted by atomic mass is 127. The van der Waals surface area contributed by atoms with Crippen molar-refractivity contribution in [3.8, 4) is 0 Å². The van der Waals surface area contributed by atoms with Gasteiger partial charge >= 0.3 is 0 Å². The van der Waals surface area contributed by atoms with Crippen molar-refractivity contribution in [1.82, 2.24) is 4.90 Å². The van der Waals surface area contributed by atoms with Gasteiger partial charge in [0.2, 0.25) is 0 Å². The van der Waals surface area contributed by atoms with Crippen molar-refractivity contribution in [3.05, 3.63) is 0 Å². The molecule has 2 unspecified atom stereocenters. The Hall–Kier alpha value is 1.42. The predicted molar refractivity (Wildman–Crippen MR) is 76.2 cm³/mol. The highest BCUT2D eigenvalue weighted by Gasteiger charge is 2.24. The Bertz CT molecular complexity index is 139. The number of alkyl halides is 2. The van der Waals surface area contributed by atoms with Gasteiger partial charge in [-0.25, -0.2) is 0 Å². The summed E-state index contributed by atoms with van der Waals surface area (Å²) in [5.74, 6) is 0. The third-order valence-electron chi connectivity index (χ3n) is 2.77. The number of rotatable bonds is 4. The topological polar surface area (TPSA) is 3.24 Å². The van der Waals surface area contributed by atoms with Gasteiger partial charge in [0, 0.05) is 14.4 Å². The normalized spacial score (nSPS) is 27.5. The molecule has 1 fully saturated rings. The van der Waals surface area contributed by atoms with Crippen LogP contribution < -0.4 is 0 Å².